The summed E-state index contributed by atoms with van der Waals surface area (Å²) in [6.07, 6.45) is -0.543. The van der Waals surface area contributed by atoms with Crippen LogP contribution < -0.4 is 20.7 Å². The Hall–Kier alpha value is -3.35. The number of rotatable bonds is 4. The normalized spacial score (nSPS) is 15.3. The fourth-order valence-electron chi connectivity index (χ4n) is 2.49. The predicted molar refractivity (Wildman–Crippen MR) is 97.1 cm³/mol. The number of amides is 3. The monoisotopic (exact) mass is 353 g/mol. The molecule has 2 aromatic carbocycles. The van der Waals surface area contributed by atoms with Crippen molar-refractivity contribution in [3.05, 3.63) is 53.6 Å². The zero-order valence-corrected chi connectivity index (χ0v) is 14.5. The molecule has 3 rings (SSSR count). The third-order valence-corrected chi connectivity index (χ3v) is 3.93. The molecule has 0 spiro atoms. The number of anilines is 2. The lowest BCUT2D eigenvalue weighted by Gasteiger charge is -2.23. The summed E-state index contributed by atoms with van der Waals surface area (Å²) in [5.74, 6) is -0.0368. The van der Waals surface area contributed by atoms with Gasteiger partial charge in [0.25, 0.3) is 11.8 Å². The van der Waals surface area contributed by atoms with Crippen LogP contribution in [0.2, 0.25) is 0 Å². The van der Waals surface area contributed by atoms with Crippen LogP contribution in [0.15, 0.2) is 42.5 Å². The molecule has 0 fully saturated rings. The molecule has 0 saturated heterocycles. The zero-order valence-electron chi connectivity index (χ0n) is 14.5. The summed E-state index contributed by atoms with van der Waals surface area (Å²) >= 11 is 0. The smallest absolute Gasteiger partial charge is 0.265 e. The summed E-state index contributed by atoms with van der Waals surface area (Å²) in [5.41, 5.74) is 2.47. The lowest BCUT2D eigenvalue weighted by molar-refractivity contribution is -0.122. The maximum atomic E-state index is 12.4. The number of hydrogen-bond donors (Lipinski definition) is 3. The SMILES string of the molecule is CC(=O)NCc1ccc(C(=O)Nc2ccc3c(c2)NC(=O)C(C)O3)cc1. The van der Waals surface area contributed by atoms with Crippen molar-refractivity contribution in [2.24, 2.45) is 0 Å². The van der Waals surface area contributed by atoms with Gasteiger partial charge >= 0.3 is 0 Å². The van der Waals surface area contributed by atoms with Crippen LogP contribution in [0.5, 0.6) is 5.75 Å². The molecule has 7 nitrogen and oxygen atoms in total. The van der Waals surface area contributed by atoms with Crippen LogP contribution in [0.1, 0.15) is 29.8 Å². The lowest BCUT2D eigenvalue weighted by Crippen LogP contribution is -2.34. The summed E-state index contributed by atoms with van der Waals surface area (Å²) in [6, 6.07) is 12.0. The van der Waals surface area contributed by atoms with Crippen LogP contribution in [0.25, 0.3) is 0 Å². The minimum atomic E-state index is -0.543. The Morgan fingerprint density at radius 2 is 1.88 bits per heavy atom. The van der Waals surface area contributed by atoms with Gasteiger partial charge in [0.15, 0.2) is 6.10 Å². The summed E-state index contributed by atoms with van der Waals surface area (Å²) in [4.78, 5) is 35.0. The van der Waals surface area contributed by atoms with Gasteiger partial charge in [-0.1, -0.05) is 12.1 Å². The number of carbonyl (C=O) groups is 3. The summed E-state index contributed by atoms with van der Waals surface area (Å²) in [5, 5.41) is 8.23. The molecule has 0 aromatic heterocycles. The van der Waals surface area contributed by atoms with Gasteiger partial charge in [0.1, 0.15) is 5.75 Å². The van der Waals surface area contributed by atoms with Gasteiger partial charge in [-0.05, 0) is 42.8 Å². The molecule has 3 amide bonds. The molecule has 26 heavy (non-hydrogen) atoms. The second-order valence-electron chi connectivity index (χ2n) is 6.02. The van der Waals surface area contributed by atoms with Crippen molar-refractivity contribution in [3.63, 3.8) is 0 Å². The van der Waals surface area contributed by atoms with Crippen molar-refractivity contribution < 1.29 is 19.1 Å². The second kappa shape index (κ2) is 7.26. The third kappa shape index (κ3) is 4.00. The molecule has 2 aromatic rings. The van der Waals surface area contributed by atoms with Crippen LogP contribution >= 0.6 is 0 Å². The van der Waals surface area contributed by atoms with Gasteiger partial charge < -0.3 is 20.7 Å². The van der Waals surface area contributed by atoms with Crippen molar-refractivity contribution in [1.29, 1.82) is 0 Å². The van der Waals surface area contributed by atoms with Crippen molar-refractivity contribution in [2.45, 2.75) is 26.5 Å². The van der Waals surface area contributed by atoms with E-state index in [0.29, 0.717) is 29.2 Å². The highest BCUT2D eigenvalue weighted by Gasteiger charge is 2.23. The fraction of sp³-hybridized carbons (Fsp3) is 0.211. The highest BCUT2D eigenvalue weighted by molar-refractivity contribution is 6.05. The number of carbonyl (C=O) groups excluding carboxylic acids is 3. The van der Waals surface area contributed by atoms with Gasteiger partial charge in [-0.15, -0.1) is 0 Å². The molecule has 1 heterocycles. The van der Waals surface area contributed by atoms with Gasteiger partial charge in [-0.3, -0.25) is 14.4 Å². The van der Waals surface area contributed by atoms with E-state index in [1.807, 2.05) is 0 Å². The largest absolute Gasteiger partial charge is 0.479 e. The van der Waals surface area contributed by atoms with Crippen LogP contribution in [-0.2, 0) is 16.1 Å². The molecule has 1 unspecified atom stereocenters. The van der Waals surface area contributed by atoms with Crippen molar-refractivity contribution in [2.75, 3.05) is 10.6 Å². The minimum Gasteiger partial charge on any atom is -0.479 e. The van der Waals surface area contributed by atoms with E-state index in [0.717, 1.165) is 5.56 Å². The van der Waals surface area contributed by atoms with Crippen LogP contribution in [-0.4, -0.2) is 23.8 Å². The topological polar surface area (TPSA) is 96.5 Å². The molecule has 0 aliphatic carbocycles. The summed E-state index contributed by atoms with van der Waals surface area (Å²) < 4.78 is 5.49. The molecular weight excluding hydrogens is 334 g/mol. The molecule has 7 heteroatoms. The number of ether oxygens (including phenoxy) is 1. The van der Waals surface area contributed by atoms with Gasteiger partial charge in [0.05, 0.1) is 5.69 Å². The first kappa shape index (κ1) is 17.5. The lowest BCUT2D eigenvalue weighted by atomic mass is 10.1. The number of hydrogen-bond acceptors (Lipinski definition) is 4. The van der Waals surface area contributed by atoms with Gasteiger partial charge in [-0.25, -0.2) is 0 Å². The van der Waals surface area contributed by atoms with Crippen LogP contribution in [0, 0.1) is 0 Å². The average molecular weight is 353 g/mol. The minimum absolute atomic E-state index is 0.107. The number of benzene rings is 2. The molecule has 1 aliphatic heterocycles. The van der Waals surface area contributed by atoms with E-state index in [2.05, 4.69) is 16.0 Å². The Kier molecular flexibility index (Phi) is 4.88. The van der Waals surface area contributed by atoms with E-state index in [9.17, 15) is 14.4 Å². The maximum absolute atomic E-state index is 12.4. The van der Waals surface area contributed by atoms with E-state index in [1.54, 1.807) is 49.4 Å². The summed E-state index contributed by atoms with van der Waals surface area (Å²) in [7, 11) is 0. The Morgan fingerprint density at radius 3 is 2.58 bits per heavy atom. The third-order valence-electron chi connectivity index (χ3n) is 3.93. The number of fused-ring (bicyclic) bond motifs is 1. The van der Waals surface area contributed by atoms with Crippen molar-refractivity contribution in [1.82, 2.24) is 5.32 Å². The van der Waals surface area contributed by atoms with E-state index in [4.69, 9.17) is 4.74 Å². The first-order valence-corrected chi connectivity index (χ1v) is 8.18. The van der Waals surface area contributed by atoms with Crippen molar-refractivity contribution >= 4 is 29.1 Å². The molecule has 134 valence electrons. The van der Waals surface area contributed by atoms with E-state index < -0.39 is 6.10 Å². The van der Waals surface area contributed by atoms with Crippen molar-refractivity contribution in [3.8, 4) is 5.75 Å². The first-order chi connectivity index (χ1) is 12.4. The first-order valence-electron chi connectivity index (χ1n) is 8.18. The van der Waals surface area contributed by atoms with Gasteiger partial charge in [-0.2, -0.15) is 0 Å². The Morgan fingerprint density at radius 1 is 1.15 bits per heavy atom. The van der Waals surface area contributed by atoms with Gasteiger partial charge in [0, 0.05) is 24.7 Å². The zero-order chi connectivity index (χ0) is 18.7. The van der Waals surface area contributed by atoms with Crippen LogP contribution in [0.4, 0.5) is 11.4 Å². The molecule has 1 atom stereocenters. The predicted octanol–water partition coefficient (Wildman–Crippen LogP) is 2.29. The highest BCUT2D eigenvalue weighted by Crippen LogP contribution is 2.32. The molecule has 0 radical (unpaired) electrons. The van der Waals surface area contributed by atoms with E-state index in [-0.39, 0.29) is 17.7 Å². The molecule has 3 N–H and O–H groups in total. The highest BCUT2D eigenvalue weighted by atomic mass is 16.5. The van der Waals surface area contributed by atoms with E-state index >= 15 is 0 Å². The molecular formula is C19H19N3O4. The molecule has 0 bridgehead atoms. The molecule has 0 saturated carbocycles. The van der Waals surface area contributed by atoms with Crippen LogP contribution in [0.3, 0.4) is 0 Å². The average Bonchev–Trinajstić information content (AvgIpc) is 2.61. The molecule has 1 aliphatic rings. The van der Waals surface area contributed by atoms with E-state index in [1.165, 1.54) is 6.92 Å². The standard InChI is InChI=1S/C19H19N3O4/c1-11-18(24)22-16-9-15(7-8-17(16)26-11)21-19(25)14-5-3-13(4-6-14)10-20-12(2)23/h3-9,11H,10H2,1-2H3,(H,20,23)(H,21,25)(H,22,24). The second-order valence-corrected chi connectivity index (χ2v) is 6.02. The Balaban J connectivity index is 1.67. The van der Waals surface area contributed by atoms with Gasteiger partial charge in [0.2, 0.25) is 5.91 Å². The Labute approximate surface area is 150 Å². The Bertz CT molecular complexity index is 862. The maximum Gasteiger partial charge on any atom is 0.265 e. The summed E-state index contributed by atoms with van der Waals surface area (Å²) in [6.45, 7) is 3.54. The number of nitrogens with one attached hydrogen (secondary N) is 3. The fourth-order valence-corrected chi connectivity index (χ4v) is 2.49. The quantitative estimate of drug-likeness (QED) is 0.786.